The number of methoxy groups -OCH3 is 2. The fourth-order valence-electron chi connectivity index (χ4n) is 1.15. The van der Waals surface area contributed by atoms with Gasteiger partial charge in [0.1, 0.15) is 0 Å². The quantitative estimate of drug-likeness (QED) is 0.553. The molecule has 7 heteroatoms. The third-order valence-corrected chi connectivity index (χ3v) is 2.42. The number of esters is 2. The smallest absolute Gasteiger partial charge is 0.319 e. The van der Waals surface area contributed by atoms with Crippen molar-refractivity contribution in [3.8, 4) is 0 Å². The number of amides is 1. The molecule has 0 fully saturated rings. The van der Waals surface area contributed by atoms with E-state index in [0.717, 1.165) is 0 Å². The van der Waals surface area contributed by atoms with Crippen LogP contribution in [0, 0.1) is 0 Å². The zero-order valence-corrected chi connectivity index (χ0v) is 11.3. The summed E-state index contributed by atoms with van der Waals surface area (Å²) in [5.74, 6) is -1.19. The Balaban J connectivity index is 4.50. The molecule has 0 unspecified atom stereocenters. The Labute approximate surface area is 107 Å². The Hall–Kier alpha value is -1.63. The SMILES string of the molecule is CCN(C)C(=O)CN(CC(=O)OC)CC(=O)OC. The summed E-state index contributed by atoms with van der Waals surface area (Å²) >= 11 is 0. The minimum Gasteiger partial charge on any atom is -0.468 e. The zero-order chi connectivity index (χ0) is 14.1. The van der Waals surface area contributed by atoms with Crippen LogP contribution in [0.5, 0.6) is 0 Å². The average Bonchev–Trinajstić information content (AvgIpc) is 2.36. The number of carbonyl (C=O) groups is 3. The lowest BCUT2D eigenvalue weighted by Gasteiger charge is -2.22. The van der Waals surface area contributed by atoms with E-state index in [9.17, 15) is 14.4 Å². The molecule has 0 aromatic carbocycles. The molecule has 0 saturated carbocycles. The van der Waals surface area contributed by atoms with Crippen molar-refractivity contribution >= 4 is 17.8 Å². The van der Waals surface area contributed by atoms with E-state index in [1.54, 1.807) is 7.05 Å². The van der Waals surface area contributed by atoms with Crippen molar-refractivity contribution in [1.82, 2.24) is 9.80 Å². The highest BCUT2D eigenvalue weighted by molar-refractivity contribution is 5.80. The highest BCUT2D eigenvalue weighted by atomic mass is 16.5. The van der Waals surface area contributed by atoms with Crippen molar-refractivity contribution < 1.29 is 23.9 Å². The topological polar surface area (TPSA) is 76.2 Å². The molecule has 0 rings (SSSR count). The summed E-state index contributed by atoms with van der Waals surface area (Å²) in [4.78, 5) is 36.9. The van der Waals surface area contributed by atoms with Crippen LogP contribution in [-0.2, 0) is 23.9 Å². The summed E-state index contributed by atoms with van der Waals surface area (Å²) in [6, 6.07) is 0. The van der Waals surface area contributed by atoms with Gasteiger partial charge in [0.15, 0.2) is 0 Å². The maximum atomic E-state index is 11.7. The van der Waals surface area contributed by atoms with Gasteiger partial charge in [0.05, 0.1) is 33.9 Å². The fourth-order valence-corrected chi connectivity index (χ4v) is 1.15. The Morgan fingerprint density at radius 3 is 1.72 bits per heavy atom. The van der Waals surface area contributed by atoms with Crippen LogP contribution in [0.4, 0.5) is 0 Å². The predicted molar refractivity (Wildman–Crippen MR) is 63.8 cm³/mol. The van der Waals surface area contributed by atoms with Crippen LogP contribution >= 0.6 is 0 Å². The van der Waals surface area contributed by atoms with Gasteiger partial charge < -0.3 is 14.4 Å². The summed E-state index contributed by atoms with van der Waals surface area (Å²) in [5.41, 5.74) is 0. The molecule has 0 aliphatic carbocycles. The molecule has 0 radical (unpaired) electrons. The van der Waals surface area contributed by atoms with E-state index in [-0.39, 0.29) is 25.5 Å². The molecule has 0 spiro atoms. The minimum absolute atomic E-state index is 0.0332. The second-order valence-corrected chi connectivity index (χ2v) is 3.71. The molecule has 0 saturated heterocycles. The van der Waals surface area contributed by atoms with E-state index in [1.807, 2.05) is 6.92 Å². The van der Waals surface area contributed by atoms with E-state index < -0.39 is 11.9 Å². The van der Waals surface area contributed by atoms with Gasteiger partial charge in [-0.05, 0) is 6.92 Å². The number of likely N-dealkylation sites (N-methyl/N-ethyl adjacent to an activating group) is 1. The molecule has 0 aromatic rings. The molecule has 1 amide bonds. The monoisotopic (exact) mass is 260 g/mol. The molecule has 0 N–H and O–H groups in total. The first-order valence-corrected chi connectivity index (χ1v) is 5.54. The first-order chi connectivity index (χ1) is 8.44. The minimum atomic E-state index is -0.508. The van der Waals surface area contributed by atoms with Crippen LogP contribution in [0.3, 0.4) is 0 Å². The van der Waals surface area contributed by atoms with Crippen molar-refractivity contribution in [3.63, 3.8) is 0 Å². The number of nitrogens with zero attached hydrogens (tertiary/aromatic N) is 2. The van der Waals surface area contributed by atoms with Crippen LogP contribution in [0.2, 0.25) is 0 Å². The van der Waals surface area contributed by atoms with Crippen molar-refractivity contribution in [3.05, 3.63) is 0 Å². The number of carbonyl (C=O) groups excluding carboxylic acids is 3. The van der Waals surface area contributed by atoms with Crippen LogP contribution in [0.25, 0.3) is 0 Å². The maximum Gasteiger partial charge on any atom is 0.319 e. The van der Waals surface area contributed by atoms with E-state index in [0.29, 0.717) is 6.54 Å². The summed E-state index contributed by atoms with van der Waals surface area (Å²) in [5, 5.41) is 0. The summed E-state index contributed by atoms with van der Waals surface area (Å²) in [7, 11) is 4.15. The van der Waals surface area contributed by atoms with Crippen LogP contribution < -0.4 is 0 Å². The lowest BCUT2D eigenvalue weighted by molar-refractivity contribution is -0.146. The Morgan fingerprint density at radius 1 is 0.944 bits per heavy atom. The zero-order valence-electron chi connectivity index (χ0n) is 11.3. The van der Waals surface area contributed by atoms with Gasteiger partial charge in [0, 0.05) is 13.6 Å². The molecule has 0 aromatic heterocycles. The van der Waals surface area contributed by atoms with Crippen molar-refractivity contribution in [2.24, 2.45) is 0 Å². The standard InChI is InChI=1S/C11H20N2O5/c1-5-12(2)9(14)6-13(7-10(15)17-3)8-11(16)18-4/h5-8H2,1-4H3. The molecule has 0 heterocycles. The number of hydrogen-bond acceptors (Lipinski definition) is 6. The first-order valence-electron chi connectivity index (χ1n) is 5.54. The molecule has 0 bridgehead atoms. The summed E-state index contributed by atoms with van der Waals surface area (Å²) < 4.78 is 9.01. The van der Waals surface area contributed by atoms with Crippen LogP contribution in [-0.4, -0.2) is 75.1 Å². The fraction of sp³-hybridized carbons (Fsp3) is 0.727. The van der Waals surface area contributed by atoms with Crippen molar-refractivity contribution in [1.29, 1.82) is 0 Å². The predicted octanol–water partition coefficient (Wildman–Crippen LogP) is -0.887. The van der Waals surface area contributed by atoms with Gasteiger partial charge in [-0.1, -0.05) is 0 Å². The van der Waals surface area contributed by atoms with Gasteiger partial charge in [-0.3, -0.25) is 19.3 Å². The largest absolute Gasteiger partial charge is 0.468 e. The van der Waals surface area contributed by atoms with E-state index in [4.69, 9.17) is 0 Å². The number of hydrogen-bond donors (Lipinski definition) is 0. The first kappa shape index (κ1) is 16.4. The molecule has 7 nitrogen and oxygen atoms in total. The number of rotatable bonds is 7. The molecule has 0 atom stereocenters. The lowest BCUT2D eigenvalue weighted by Crippen LogP contribution is -2.43. The van der Waals surface area contributed by atoms with Gasteiger partial charge in [0.2, 0.25) is 5.91 Å². The van der Waals surface area contributed by atoms with Gasteiger partial charge in [-0.2, -0.15) is 0 Å². The third kappa shape index (κ3) is 6.19. The van der Waals surface area contributed by atoms with E-state index >= 15 is 0 Å². The molecule has 0 aliphatic heterocycles. The number of ether oxygens (including phenoxy) is 2. The normalized spacial score (nSPS) is 10.1. The Kier molecular flexibility index (Phi) is 7.69. The maximum absolute atomic E-state index is 11.7. The van der Waals surface area contributed by atoms with Crippen molar-refractivity contribution in [2.45, 2.75) is 6.92 Å². The molecular weight excluding hydrogens is 240 g/mol. The van der Waals surface area contributed by atoms with Gasteiger partial charge in [0.25, 0.3) is 0 Å². The van der Waals surface area contributed by atoms with E-state index in [2.05, 4.69) is 9.47 Å². The highest BCUT2D eigenvalue weighted by Gasteiger charge is 2.19. The molecule has 18 heavy (non-hydrogen) atoms. The van der Waals surface area contributed by atoms with Gasteiger partial charge in [-0.15, -0.1) is 0 Å². The van der Waals surface area contributed by atoms with Gasteiger partial charge in [-0.25, -0.2) is 0 Å². The van der Waals surface area contributed by atoms with Crippen molar-refractivity contribution in [2.75, 3.05) is 47.4 Å². The van der Waals surface area contributed by atoms with Crippen LogP contribution in [0.15, 0.2) is 0 Å². The highest BCUT2D eigenvalue weighted by Crippen LogP contribution is 1.95. The molecule has 104 valence electrons. The second-order valence-electron chi connectivity index (χ2n) is 3.71. The lowest BCUT2D eigenvalue weighted by atomic mass is 10.4. The van der Waals surface area contributed by atoms with E-state index in [1.165, 1.54) is 24.0 Å². The average molecular weight is 260 g/mol. The second kappa shape index (κ2) is 8.46. The summed E-state index contributed by atoms with van der Waals surface area (Å²) in [6.07, 6.45) is 0. The third-order valence-electron chi connectivity index (χ3n) is 2.42. The molecular formula is C11H20N2O5. The Morgan fingerprint density at radius 2 is 1.39 bits per heavy atom. The molecule has 0 aliphatic rings. The summed E-state index contributed by atoms with van der Waals surface area (Å²) in [6.45, 7) is 2.10. The Bertz CT molecular complexity index is 288. The van der Waals surface area contributed by atoms with Gasteiger partial charge >= 0.3 is 11.9 Å². The van der Waals surface area contributed by atoms with Crippen LogP contribution in [0.1, 0.15) is 6.92 Å².